The van der Waals surface area contributed by atoms with Crippen LogP contribution in [0.25, 0.3) is 0 Å². The molecular weight excluding hydrogens is 336 g/mol. The number of nitrogens with zero attached hydrogens (tertiary/aromatic N) is 5. The maximum Gasteiger partial charge on any atom is 0.251 e. The first-order valence-electron chi connectivity index (χ1n) is 8.82. The molecule has 9 heteroatoms. The summed E-state index contributed by atoms with van der Waals surface area (Å²) in [6.07, 6.45) is 0. The lowest BCUT2D eigenvalue weighted by Gasteiger charge is -2.26. The van der Waals surface area contributed by atoms with E-state index in [1.54, 1.807) is 28.9 Å². The Morgan fingerprint density at radius 1 is 1.27 bits per heavy atom. The van der Waals surface area contributed by atoms with Gasteiger partial charge < -0.3 is 14.8 Å². The number of nitrogens with one attached hydrogen (secondary N) is 1. The van der Waals surface area contributed by atoms with Gasteiger partial charge in [-0.15, -0.1) is 5.10 Å². The molecule has 3 rings (SSSR count). The molecule has 1 aliphatic rings. The van der Waals surface area contributed by atoms with Crippen molar-refractivity contribution in [1.29, 1.82) is 0 Å². The number of hydrogen-bond donors (Lipinski definition) is 1. The number of aryl methyl sites for hydroxylation is 1. The van der Waals surface area contributed by atoms with E-state index in [1.807, 2.05) is 6.92 Å². The van der Waals surface area contributed by atoms with Gasteiger partial charge in [-0.1, -0.05) is 0 Å². The van der Waals surface area contributed by atoms with Gasteiger partial charge in [0.2, 0.25) is 0 Å². The zero-order valence-corrected chi connectivity index (χ0v) is 14.9. The number of ether oxygens (including phenoxy) is 2. The molecule has 140 valence electrons. The van der Waals surface area contributed by atoms with Gasteiger partial charge in [0, 0.05) is 38.3 Å². The number of carbonyl (C=O) groups is 1. The fraction of sp³-hybridized carbons (Fsp3) is 0.529. The van der Waals surface area contributed by atoms with Crippen molar-refractivity contribution in [3.63, 3.8) is 0 Å². The molecule has 0 bridgehead atoms. The minimum Gasteiger partial charge on any atom is -0.486 e. The number of hydrogen-bond acceptors (Lipinski definition) is 7. The van der Waals surface area contributed by atoms with Crippen molar-refractivity contribution in [2.24, 2.45) is 0 Å². The summed E-state index contributed by atoms with van der Waals surface area (Å²) in [6.45, 7) is 7.76. The molecule has 9 nitrogen and oxygen atoms in total. The van der Waals surface area contributed by atoms with Gasteiger partial charge in [0.15, 0.2) is 5.82 Å². The maximum absolute atomic E-state index is 12.2. The topological polar surface area (TPSA) is 94.4 Å². The van der Waals surface area contributed by atoms with Crippen LogP contribution in [-0.2, 0) is 17.9 Å². The van der Waals surface area contributed by atoms with Crippen LogP contribution in [0.3, 0.4) is 0 Å². The summed E-state index contributed by atoms with van der Waals surface area (Å²) in [5.74, 6) is 1.25. The lowest BCUT2D eigenvalue weighted by Crippen LogP contribution is -2.41. The van der Waals surface area contributed by atoms with E-state index < -0.39 is 0 Å². The molecule has 1 saturated heterocycles. The Morgan fingerprint density at radius 3 is 2.77 bits per heavy atom. The highest BCUT2D eigenvalue weighted by Crippen LogP contribution is 2.13. The van der Waals surface area contributed by atoms with E-state index in [4.69, 9.17) is 9.47 Å². The van der Waals surface area contributed by atoms with Gasteiger partial charge in [-0.25, -0.2) is 4.68 Å². The predicted octanol–water partition coefficient (Wildman–Crippen LogP) is 0.334. The zero-order chi connectivity index (χ0) is 18.2. The molecule has 26 heavy (non-hydrogen) atoms. The van der Waals surface area contributed by atoms with Crippen molar-refractivity contribution in [1.82, 2.24) is 30.4 Å². The molecule has 2 aromatic rings. The van der Waals surface area contributed by atoms with Crippen LogP contribution < -0.4 is 10.1 Å². The highest BCUT2D eigenvalue weighted by molar-refractivity contribution is 5.94. The molecule has 0 spiro atoms. The fourth-order valence-electron chi connectivity index (χ4n) is 2.68. The van der Waals surface area contributed by atoms with Crippen molar-refractivity contribution in [2.75, 3.05) is 39.4 Å². The summed E-state index contributed by atoms with van der Waals surface area (Å²) in [7, 11) is 0. The normalized spacial score (nSPS) is 15.0. The molecule has 1 N–H and O–H groups in total. The van der Waals surface area contributed by atoms with E-state index in [0.29, 0.717) is 30.2 Å². The molecular formula is C17H24N6O3. The summed E-state index contributed by atoms with van der Waals surface area (Å²) in [4.78, 5) is 14.5. The molecule has 0 unspecified atom stereocenters. The number of morpholine rings is 1. The van der Waals surface area contributed by atoms with E-state index in [0.717, 1.165) is 32.8 Å². The average molecular weight is 360 g/mol. The van der Waals surface area contributed by atoms with Crippen LogP contribution in [0.1, 0.15) is 23.1 Å². The van der Waals surface area contributed by atoms with Gasteiger partial charge in [-0.05, 0) is 41.6 Å². The van der Waals surface area contributed by atoms with Gasteiger partial charge in [0.05, 0.1) is 13.2 Å². The lowest BCUT2D eigenvalue weighted by molar-refractivity contribution is 0.0383. The third-order valence-electron chi connectivity index (χ3n) is 4.21. The maximum atomic E-state index is 12.2. The quantitative estimate of drug-likeness (QED) is 0.725. The number of carbonyl (C=O) groups excluding carboxylic acids is 1. The zero-order valence-electron chi connectivity index (χ0n) is 14.9. The smallest absolute Gasteiger partial charge is 0.251 e. The Hall–Kier alpha value is -2.52. The van der Waals surface area contributed by atoms with Crippen molar-refractivity contribution in [3.05, 3.63) is 35.7 Å². The minimum atomic E-state index is -0.0836. The van der Waals surface area contributed by atoms with Crippen LogP contribution in [0.2, 0.25) is 0 Å². The Kier molecular flexibility index (Phi) is 6.50. The first kappa shape index (κ1) is 18.3. The van der Waals surface area contributed by atoms with Gasteiger partial charge in [0.25, 0.3) is 5.91 Å². The largest absolute Gasteiger partial charge is 0.486 e. The van der Waals surface area contributed by atoms with Crippen molar-refractivity contribution in [2.45, 2.75) is 20.1 Å². The second-order valence-corrected chi connectivity index (χ2v) is 5.93. The Labute approximate surface area is 152 Å². The van der Waals surface area contributed by atoms with Gasteiger partial charge >= 0.3 is 0 Å². The summed E-state index contributed by atoms with van der Waals surface area (Å²) in [5.41, 5.74) is 0.609. The molecule has 0 saturated carbocycles. The second kappa shape index (κ2) is 9.25. The lowest BCUT2D eigenvalue weighted by atomic mass is 10.2. The standard InChI is InChI=1S/C17H24N6O3/c1-2-23-16(19-20-21-23)13-26-15-5-3-14(4-6-15)17(24)18-7-8-22-9-11-25-12-10-22/h3-6H,2,7-13H2,1H3,(H,18,24). The van der Waals surface area contributed by atoms with Crippen molar-refractivity contribution in [3.8, 4) is 5.75 Å². The molecule has 2 heterocycles. The summed E-state index contributed by atoms with van der Waals surface area (Å²) < 4.78 is 12.7. The minimum absolute atomic E-state index is 0.0836. The highest BCUT2D eigenvalue weighted by Gasteiger charge is 2.11. The molecule has 0 atom stereocenters. The SMILES string of the molecule is CCn1nnnc1COc1ccc(C(=O)NCCN2CCOCC2)cc1. The Bertz CT molecular complexity index is 697. The summed E-state index contributed by atoms with van der Waals surface area (Å²) in [5, 5.41) is 14.3. The second-order valence-electron chi connectivity index (χ2n) is 5.93. The van der Waals surface area contributed by atoms with E-state index in [2.05, 4.69) is 25.7 Å². The van der Waals surface area contributed by atoms with Crippen LogP contribution in [-0.4, -0.2) is 70.4 Å². The Balaban J connectivity index is 1.43. The highest BCUT2D eigenvalue weighted by atomic mass is 16.5. The van der Waals surface area contributed by atoms with E-state index in [-0.39, 0.29) is 12.5 Å². The van der Waals surface area contributed by atoms with Crippen LogP contribution >= 0.6 is 0 Å². The predicted molar refractivity (Wildman–Crippen MR) is 93.9 cm³/mol. The Morgan fingerprint density at radius 2 is 2.04 bits per heavy atom. The van der Waals surface area contributed by atoms with Gasteiger partial charge in [-0.3, -0.25) is 9.69 Å². The van der Waals surface area contributed by atoms with Crippen LogP contribution in [0.5, 0.6) is 5.75 Å². The average Bonchev–Trinajstić information content (AvgIpc) is 3.15. The summed E-state index contributed by atoms with van der Waals surface area (Å²) >= 11 is 0. The molecule has 1 amide bonds. The number of rotatable bonds is 8. The van der Waals surface area contributed by atoms with Crippen molar-refractivity contribution < 1.29 is 14.3 Å². The molecule has 1 aliphatic heterocycles. The third-order valence-corrected chi connectivity index (χ3v) is 4.21. The number of benzene rings is 1. The molecule has 0 radical (unpaired) electrons. The third kappa shape index (κ3) is 4.99. The monoisotopic (exact) mass is 360 g/mol. The number of amides is 1. The molecule has 1 fully saturated rings. The fourth-order valence-corrected chi connectivity index (χ4v) is 2.68. The molecule has 0 aliphatic carbocycles. The number of aromatic nitrogens is 4. The van der Waals surface area contributed by atoms with Crippen LogP contribution in [0.15, 0.2) is 24.3 Å². The van der Waals surface area contributed by atoms with Crippen LogP contribution in [0.4, 0.5) is 0 Å². The number of tetrazole rings is 1. The van der Waals surface area contributed by atoms with Crippen LogP contribution in [0, 0.1) is 0 Å². The van der Waals surface area contributed by atoms with E-state index in [9.17, 15) is 4.79 Å². The van der Waals surface area contributed by atoms with Gasteiger partial charge in [0.1, 0.15) is 12.4 Å². The van der Waals surface area contributed by atoms with E-state index in [1.165, 1.54) is 0 Å². The van der Waals surface area contributed by atoms with E-state index >= 15 is 0 Å². The molecule has 1 aromatic carbocycles. The summed E-state index contributed by atoms with van der Waals surface area (Å²) in [6, 6.07) is 7.05. The van der Waals surface area contributed by atoms with Crippen molar-refractivity contribution >= 4 is 5.91 Å². The van der Waals surface area contributed by atoms with Gasteiger partial charge in [-0.2, -0.15) is 0 Å². The first-order valence-corrected chi connectivity index (χ1v) is 8.82. The molecule has 1 aromatic heterocycles. The first-order chi connectivity index (χ1) is 12.8.